The minimum absolute atomic E-state index is 0. The summed E-state index contributed by atoms with van der Waals surface area (Å²) in [6.07, 6.45) is 1.96. The van der Waals surface area contributed by atoms with Crippen molar-refractivity contribution < 1.29 is 13.2 Å². The Kier molecular flexibility index (Phi) is 5.22. The topological polar surface area (TPSA) is 66.5 Å². The number of nitrogens with one attached hydrogen (secondary N) is 1. The maximum Gasteiger partial charge on any atom is 0.227 e. The summed E-state index contributed by atoms with van der Waals surface area (Å²) in [7, 11) is -2.89. The normalized spacial score (nSPS) is 28.2. The number of rotatable bonds is 1. The van der Waals surface area contributed by atoms with Crippen molar-refractivity contribution in [3.05, 3.63) is 0 Å². The molecule has 5 nitrogen and oxygen atoms in total. The Morgan fingerprint density at radius 3 is 2.41 bits per heavy atom. The van der Waals surface area contributed by atoms with Crippen molar-refractivity contribution in [3.8, 4) is 0 Å². The van der Waals surface area contributed by atoms with Gasteiger partial charge in [0.2, 0.25) is 5.91 Å². The molecule has 0 spiro atoms. The zero-order valence-electron chi connectivity index (χ0n) is 9.72. The first-order valence-corrected chi connectivity index (χ1v) is 7.60. The highest BCUT2D eigenvalue weighted by molar-refractivity contribution is 7.91. The van der Waals surface area contributed by atoms with E-state index < -0.39 is 9.84 Å². The molecule has 2 aliphatic heterocycles. The van der Waals surface area contributed by atoms with Gasteiger partial charge in [-0.2, -0.15) is 0 Å². The predicted octanol–water partition coefficient (Wildman–Crippen LogP) is -0.335. The first kappa shape index (κ1) is 14.7. The van der Waals surface area contributed by atoms with Gasteiger partial charge in [0.1, 0.15) is 0 Å². The van der Waals surface area contributed by atoms with Gasteiger partial charge >= 0.3 is 0 Å². The van der Waals surface area contributed by atoms with E-state index in [1.54, 1.807) is 4.90 Å². The fraction of sp³-hybridized carbons (Fsp3) is 0.900. The number of halogens is 1. The van der Waals surface area contributed by atoms with E-state index in [1.165, 1.54) is 0 Å². The number of nitrogens with zero attached hydrogens (tertiary/aromatic N) is 1. The molecule has 1 unspecified atom stereocenters. The molecule has 0 saturated carbocycles. The van der Waals surface area contributed by atoms with Crippen LogP contribution in [0.5, 0.6) is 0 Å². The van der Waals surface area contributed by atoms with E-state index in [0.29, 0.717) is 13.1 Å². The van der Waals surface area contributed by atoms with Crippen LogP contribution in [0.25, 0.3) is 0 Å². The van der Waals surface area contributed by atoms with E-state index in [-0.39, 0.29) is 35.7 Å². The van der Waals surface area contributed by atoms with Crippen molar-refractivity contribution in [3.63, 3.8) is 0 Å². The molecule has 0 aromatic rings. The second kappa shape index (κ2) is 6.02. The van der Waals surface area contributed by atoms with Crippen molar-refractivity contribution in [2.24, 2.45) is 5.92 Å². The lowest BCUT2D eigenvalue weighted by molar-refractivity contribution is -0.135. The third kappa shape index (κ3) is 3.82. The zero-order valence-corrected chi connectivity index (χ0v) is 11.4. The molecule has 2 aliphatic rings. The standard InChI is InChI=1S/C10H18N2O3S.ClH/c13-10(9-2-1-3-11-8-9)12-4-6-16(14,15)7-5-12;/h9,11H,1-8H2;1H. The number of sulfone groups is 1. The molecule has 7 heteroatoms. The lowest BCUT2D eigenvalue weighted by Gasteiger charge is -2.32. The average Bonchev–Trinajstić information content (AvgIpc) is 2.29. The summed E-state index contributed by atoms with van der Waals surface area (Å²) in [6, 6.07) is 0. The van der Waals surface area contributed by atoms with Crippen LogP contribution < -0.4 is 5.32 Å². The molecular formula is C10H19ClN2O3S. The molecule has 0 bridgehead atoms. The minimum Gasteiger partial charge on any atom is -0.340 e. The zero-order chi connectivity index (χ0) is 11.6. The largest absolute Gasteiger partial charge is 0.340 e. The fourth-order valence-corrected chi connectivity index (χ4v) is 3.45. The van der Waals surface area contributed by atoms with Gasteiger partial charge in [0, 0.05) is 19.6 Å². The molecular weight excluding hydrogens is 264 g/mol. The highest BCUT2D eigenvalue weighted by Gasteiger charge is 2.30. The van der Waals surface area contributed by atoms with Crippen LogP contribution >= 0.6 is 12.4 Å². The summed E-state index contributed by atoms with van der Waals surface area (Å²) in [5, 5.41) is 3.21. The number of hydrogen-bond acceptors (Lipinski definition) is 4. The van der Waals surface area contributed by atoms with Crippen LogP contribution in [0.4, 0.5) is 0 Å². The van der Waals surface area contributed by atoms with Crippen LogP contribution in [0.15, 0.2) is 0 Å². The number of amides is 1. The number of piperidine rings is 1. The van der Waals surface area contributed by atoms with Gasteiger partial charge in [-0.05, 0) is 19.4 Å². The van der Waals surface area contributed by atoms with Gasteiger partial charge in [0.05, 0.1) is 17.4 Å². The number of carbonyl (C=O) groups excluding carboxylic acids is 1. The third-order valence-corrected chi connectivity index (χ3v) is 4.91. The summed E-state index contributed by atoms with van der Waals surface area (Å²) in [5.41, 5.74) is 0. The highest BCUT2D eigenvalue weighted by atomic mass is 35.5. The third-order valence-electron chi connectivity index (χ3n) is 3.30. The fourth-order valence-electron chi connectivity index (χ4n) is 2.25. The molecule has 0 aromatic carbocycles. The summed E-state index contributed by atoms with van der Waals surface area (Å²) in [5.74, 6) is 0.425. The van der Waals surface area contributed by atoms with Crippen LogP contribution in [-0.4, -0.2) is 56.9 Å². The Balaban J connectivity index is 0.00000144. The van der Waals surface area contributed by atoms with Crippen LogP contribution in [0.1, 0.15) is 12.8 Å². The van der Waals surface area contributed by atoms with Crippen LogP contribution in [-0.2, 0) is 14.6 Å². The van der Waals surface area contributed by atoms with E-state index in [9.17, 15) is 13.2 Å². The maximum absolute atomic E-state index is 12.1. The molecule has 1 atom stereocenters. The van der Waals surface area contributed by atoms with E-state index >= 15 is 0 Å². The summed E-state index contributed by atoms with van der Waals surface area (Å²) in [4.78, 5) is 13.8. The van der Waals surface area contributed by atoms with Crippen LogP contribution in [0.2, 0.25) is 0 Å². The van der Waals surface area contributed by atoms with Crippen molar-refractivity contribution in [2.45, 2.75) is 12.8 Å². The Hall–Kier alpha value is -0.330. The molecule has 2 rings (SSSR count). The smallest absolute Gasteiger partial charge is 0.227 e. The SMILES string of the molecule is Cl.O=C(C1CCCNC1)N1CCS(=O)(=O)CC1. The second-order valence-electron chi connectivity index (χ2n) is 4.52. The average molecular weight is 283 g/mol. The van der Waals surface area contributed by atoms with Crippen LogP contribution in [0, 0.1) is 5.92 Å². The Morgan fingerprint density at radius 1 is 1.24 bits per heavy atom. The highest BCUT2D eigenvalue weighted by Crippen LogP contribution is 2.15. The molecule has 0 aliphatic carbocycles. The molecule has 2 saturated heterocycles. The van der Waals surface area contributed by atoms with Gasteiger partial charge in [-0.15, -0.1) is 12.4 Å². The quantitative estimate of drug-likeness (QED) is 0.715. The van der Waals surface area contributed by atoms with Gasteiger partial charge in [-0.25, -0.2) is 8.42 Å². The van der Waals surface area contributed by atoms with Gasteiger partial charge in [-0.1, -0.05) is 0 Å². The van der Waals surface area contributed by atoms with Crippen molar-refractivity contribution >= 4 is 28.2 Å². The first-order valence-electron chi connectivity index (χ1n) is 5.78. The lowest BCUT2D eigenvalue weighted by Crippen LogP contribution is -2.49. The molecule has 0 aromatic heterocycles. The molecule has 2 fully saturated rings. The van der Waals surface area contributed by atoms with Crippen LogP contribution in [0.3, 0.4) is 0 Å². The Labute approximate surface area is 108 Å². The van der Waals surface area contributed by atoms with Gasteiger partial charge in [0.25, 0.3) is 0 Å². The number of hydrogen-bond donors (Lipinski definition) is 1. The molecule has 0 radical (unpaired) electrons. The van der Waals surface area contributed by atoms with Gasteiger partial charge < -0.3 is 10.2 Å². The summed E-state index contributed by atoms with van der Waals surface area (Å²) < 4.78 is 22.5. The van der Waals surface area contributed by atoms with E-state index in [2.05, 4.69) is 5.32 Å². The van der Waals surface area contributed by atoms with E-state index in [1.807, 2.05) is 0 Å². The molecule has 1 N–H and O–H groups in total. The Bertz CT molecular complexity index is 352. The molecule has 2 heterocycles. The van der Waals surface area contributed by atoms with Gasteiger partial charge in [-0.3, -0.25) is 4.79 Å². The van der Waals surface area contributed by atoms with Gasteiger partial charge in [0.15, 0.2) is 9.84 Å². The lowest BCUT2D eigenvalue weighted by atomic mass is 9.98. The van der Waals surface area contributed by atoms with Crippen molar-refractivity contribution in [2.75, 3.05) is 37.7 Å². The van der Waals surface area contributed by atoms with E-state index in [0.717, 1.165) is 25.9 Å². The van der Waals surface area contributed by atoms with Crippen molar-refractivity contribution in [1.82, 2.24) is 10.2 Å². The first-order chi connectivity index (χ1) is 7.58. The summed E-state index contributed by atoms with van der Waals surface area (Å²) >= 11 is 0. The molecule has 100 valence electrons. The van der Waals surface area contributed by atoms with Crippen molar-refractivity contribution in [1.29, 1.82) is 0 Å². The Morgan fingerprint density at radius 2 is 1.88 bits per heavy atom. The van der Waals surface area contributed by atoms with E-state index in [4.69, 9.17) is 0 Å². The summed E-state index contributed by atoms with van der Waals surface area (Å²) in [6.45, 7) is 2.47. The second-order valence-corrected chi connectivity index (χ2v) is 6.82. The minimum atomic E-state index is -2.89. The number of carbonyl (C=O) groups is 1. The monoisotopic (exact) mass is 282 g/mol. The molecule has 17 heavy (non-hydrogen) atoms. The predicted molar refractivity (Wildman–Crippen MR) is 68.1 cm³/mol. The maximum atomic E-state index is 12.1. The molecule has 1 amide bonds.